The molecule has 1 atom stereocenters. The van der Waals surface area contributed by atoms with Gasteiger partial charge in [0, 0.05) is 29.9 Å². The van der Waals surface area contributed by atoms with Crippen LogP contribution in [0.25, 0.3) is 0 Å². The summed E-state index contributed by atoms with van der Waals surface area (Å²) < 4.78 is 0. The lowest BCUT2D eigenvalue weighted by Crippen LogP contribution is -2.01. The average Bonchev–Trinajstić information content (AvgIpc) is 2.70. The molecule has 4 heteroatoms. The highest BCUT2D eigenvalue weighted by atomic mass is 32.1. The maximum atomic E-state index is 9.96. The molecule has 1 unspecified atom stereocenters. The Balaban J connectivity index is 2.11. The Labute approximate surface area is 92.5 Å². The van der Waals surface area contributed by atoms with Crippen LogP contribution in [0.3, 0.4) is 0 Å². The van der Waals surface area contributed by atoms with Crippen LogP contribution in [0.4, 0.5) is 0 Å². The van der Waals surface area contributed by atoms with Crippen LogP contribution in [0.2, 0.25) is 0 Å². The monoisotopic (exact) mass is 220 g/mol. The van der Waals surface area contributed by atoms with Gasteiger partial charge in [0.25, 0.3) is 0 Å². The van der Waals surface area contributed by atoms with Crippen molar-refractivity contribution in [2.75, 3.05) is 0 Å². The number of hydrogen-bond donors (Lipinski definition) is 1. The van der Waals surface area contributed by atoms with E-state index in [0.717, 1.165) is 16.0 Å². The Bertz CT molecular complexity index is 428. The second-order valence-electron chi connectivity index (χ2n) is 3.48. The SMILES string of the molecule is Cc1cncc(C(O)Cc2cncs2)c1. The molecule has 1 N–H and O–H groups in total. The summed E-state index contributed by atoms with van der Waals surface area (Å²) in [6, 6.07) is 1.96. The molecule has 15 heavy (non-hydrogen) atoms. The molecule has 2 rings (SSSR count). The lowest BCUT2D eigenvalue weighted by atomic mass is 10.1. The van der Waals surface area contributed by atoms with Crippen LogP contribution < -0.4 is 0 Å². The molecular formula is C11H12N2OS. The summed E-state index contributed by atoms with van der Waals surface area (Å²) in [5, 5.41) is 9.96. The highest BCUT2D eigenvalue weighted by Crippen LogP contribution is 2.19. The molecule has 0 amide bonds. The summed E-state index contributed by atoms with van der Waals surface area (Å²) in [6.45, 7) is 1.97. The summed E-state index contributed by atoms with van der Waals surface area (Å²) in [5.74, 6) is 0. The molecule has 0 aliphatic heterocycles. The van der Waals surface area contributed by atoms with Gasteiger partial charge in [0.2, 0.25) is 0 Å². The minimum absolute atomic E-state index is 0.488. The molecule has 0 radical (unpaired) electrons. The molecule has 78 valence electrons. The van der Waals surface area contributed by atoms with Gasteiger partial charge in [-0.2, -0.15) is 0 Å². The van der Waals surface area contributed by atoms with Crippen LogP contribution in [0.1, 0.15) is 22.1 Å². The Hall–Kier alpha value is -1.26. The van der Waals surface area contributed by atoms with Crippen molar-refractivity contribution in [3.63, 3.8) is 0 Å². The Morgan fingerprint density at radius 1 is 1.33 bits per heavy atom. The predicted molar refractivity (Wildman–Crippen MR) is 59.8 cm³/mol. The largest absolute Gasteiger partial charge is 0.388 e. The zero-order chi connectivity index (χ0) is 10.7. The van der Waals surface area contributed by atoms with Crippen molar-refractivity contribution in [2.24, 2.45) is 0 Å². The van der Waals surface area contributed by atoms with E-state index in [1.165, 1.54) is 0 Å². The van der Waals surface area contributed by atoms with Gasteiger partial charge in [-0.1, -0.05) is 6.07 Å². The van der Waals surface area contributed by atoms with E-state index < -0.39 is 6.10 Å². The number of nitrogens with zero attached hydrogens (tertiary/aromatic N) is 2. The Morgan fingerprint density at radius 3 is 2.87 bits per heavy atom. The first-order valence-corrected chi connectivity index (χ1v) is 5.60. The number of pyridine rings is 1. The fourth-order valence-corrected chi connectivity index (χ4v) is 2.04. The molecule has 0 aliphatic carbocycles. The molecular weight excluding hydrogens is 208 g/mol. The van der Waals surface area contributed by atoms with E-state index in [9.17, 15) is 5.11 Å². The molecule has 0 bridgehead atoms. The van der Waals surface area contributed by atoms with E-state index in [0.29, 0.717) is 6.42 Å². The van der Waals surface area contributed by atoms with Crippen molar-refractivity contribution in [1.29, 1.82) is 0 Å². The van der Waals surface area contributed by atoms with Gasteiger partial charge in [-0.15, -0.1) is 11.3 Å². The lowest BCUT2D eigenvalue weighted by Gasteiger charge is -2.09. The second-order valence-corrected chi connectivity index (χ2v) is 4.45. The molecule has 2 aromatic rings. The summed E-state index contributed by atoms with van der Waals surface area (Å²) in [5.41, 5.74) is 3.70. The molecule has 0 aliphatic rings. The first-order chi connectivity index (χ1) is 7.25. The fraction of sp³-hybridized carbons (Fsp3) is 0.273. The summed E-state index contributed by atoms with van der Waals surface area (Å²) >= 11 is 1.56. The first-order valence-electron chi connectivity index (χ1n) is 4.72. The van der Waals surface area contributed by atoms with Gasteiger partial charge in [0.05, 0.1) is 11.6 Å². The van der Waals surface area contributed by atoms with Crippen molar-refractivity contribution < 1.29 is 5.11 Å². The Kier molecular flexibility index (Phi) is 3.08. The van der Waals surface area contributed by atoms with E-state index in [2.05, 4.69) is 9.97 Å². The van der Waals surface area contributed by atoms with Gasteiger partial charge in [0.15, 0.2) is 0 Å². The number of aliphatic hydroxyl groups is 1. The number of aromatic nitrogens is 2. The minimum atomic E-state index is -0.488. The smallest absolute Gasteiger partial charge is 0.0853 e. The van der Waals surface area contributed by atoms with Crippen LogP contribution in [0.15, 0.2) is 30.2 Å². The molecule has 2 aromatic heterocycles. The normalized spacial score (nSPS) is 12.7. The van der Waals surface area contributed by atoms with Gasteiger partial charge in [0.1, 0.15) is 0 Å². The van der Waals surface area contributed by atoms with E-state index in [-0.39, 0.29) is 0 Å². The van der Waals surface area contributed by atoms with Gasteiger partial charge < -0.3 is 5.11 Å². The minimum Gasteiger partial charge on any atom is -0.388 e. The van der Waals surface area contributed by atoms with Gasteiger partial charge in [-0.05, 0) is 18.1 Å². The number of hydrogen-bond acceptors (Lipinski definition) is 4. The second kappa shape index (κ2) is 4.51. The predicted octanol–water partition coefficient (Wildman–Crippen LogP) is 2.12. The van der Waals surface area contributed by atoms with Gasteiger partial charge in [-0.3, -0.25) is 9.97 Å². The third-order valence-electron chi connectivity index (χ3n) is 2.16. The Morgan fingerprint density at radius 2 is 2.20 bits per heavy atom. The number of thiazole rings is 1. The topological polar surface area (TPSA) is 46.0 Å². The van der Waals surface area contributed by atoms with Gasteiger partial charge >= 0.3 is 0 Å². The van der Waals surface area contributed by atoms with Crippen molar-refractivity contribution in [2.45, 2.75) is 19.4 Å². The van der Waals surface area contributed by atoms with Gasteiger partial charge in [-0.25, -0.2) is 0 Å². The highest BCUT2D eigenvalue weighted by molar-refractivity contribution is 7.09. The summed E-state index contributed by atoms with van der Waals surface area (Å²) in [6.07, 6.45) is 5.40. The number of rotatable bonds is 3. The summed E-state index contributed by atoms with van der Waals surface area (Å²) in [7, 11) is 0. The third-order valence-corrected chi connectivity index (χ3v) is 2.96. The fourth-order valence-electron chi connectivity index (χ4n) is 1.41. The van der Waals surface area contributed by atoms with E-state index >= 15 is 0 Å². The third kappa shape index (κ3) is 2.61. The molecule has 0 saturated heterocycles. The first kappa shape index (κ1) is 10.3. The standard InChI is InChI=1S/C11H12N2OS/c1-8-2-9(5-12-4-8)11(14)3-10-6-13-7-15-10/h2,4-7,11,14H,3H2,1H3. The number of aliphatic hydroxyl groups excluding tert-OH is 1. The molecule has 0 spiro atoms. The molecule has 2 heterocycles. The van der Waals surface area contributed by atoms with Crippen LogP contribution >= 0.6 is 11.3 Å². The zero-order valence-corrected chi connectivity index (χ0v) is 9.24. The van der Waals surface area contributed by atoms with Crippen LogP contribution in [-0.4, -0.2) is 15.1 Å². The maximum absolute atomic E-state index is 9.96. The molecule has 3 nitrogen and oxygen atoms in total. The maximum Gasteiger partial charge on any atom is 0.0853 e. The van der Waals surface area contributed by atoms with E-state index in [1.807, 2.05) is 13.0 Å². The lowest BCUT2D eigenvalue weighted by molar-refractivity contribution is 0.179. The quantitative estimate of drug-likeness (QED) is 0.861. The molecule has 0 saturated carbocycles. The van der Waals surface area contributed by atoms with E-state index in [4.69, 9.17) is 0 Å². The van der Waals surface area contributed by atoms with Crippen LogP contribution in [0, 0.1) is 6.92 Å². The van der Waals surface area contributed by atoms with Crippen molar-refractivity contribution in [1.82, 2.24) is 9.97 Å². The highest BCUT2D eigenvalue weighted by Gasteiger charge is 2.09. The van der Waals surface area contributed by atoms with Crippen molar-refractivity contribution in [3.8, 4) is 0 Å². The van der Waals surface area contributed by atoms with E-state index in [1.54, 1.807) is 35.4 Å². The summed E-state index contributed by atoms with van der Waals surface area (Å²) in [4.78, 5) is 9.13. The number of aryl methyl sites for hydroxylation is 1. The zero-order valence-electron chi connectivity index (χ0n) is 8.42. The van der Waals surface area contributed by atoms with Crippen LogP contribution in [0.5, 0.6) is 0 Å². The molecule has 0 fully saturated rings. The molecule has 0 aromatic carbocycles. The van der Waals surface area contributed by atoms with Crippen LogP contribution in [-0.2, 0) is 6.42 Å². The van der Waals surface area contributed by atoms with Crippen molar-refractivity contribution >= 4 is 11.3 Å². The van der Waals surface area contributed by atoms with Crippen molar-refractivity contribution in [3.05, 3.63) is 46.2 Å². The average molecular weight is 220 g/mol.